The number of nitrogens with two attached hydrogens (primary N) is 1. The number of hydrogen-bond donors (Lipinski definition) is 1. The Morgan fingerprint density at radius 2 is 1.88 bits per heavy atom. The Kier molecular flexibility index (Phi) is 5.41. The monoisotopic (exact) mass is 354 g/mol. The first kappa shape index (κ1) is 17.8. The van der Waals surface area contributed by atoms with Gasteiger partial charge in [-0.3, -0.25) is 5.73 Å². The fraction of sp³-hybridized carbons (Fsp3) is 0.300. The number of carbonyl (C=O) groups is 1. The number of para-hydroxylation sites is 3. The van der Waals surface area contributed by atoms with Gasteiger partial charge in [0.25, 0.3) is 0 Å². The number of ether oxygens (including phenoxy) is 2. The predicted molar refractivity (Wildman–Crippen MR) is 99.9 cm³/mol. The van der Waals surface area contributed by atoms with E-state index in [-0.39, 0.29) is 12.5 Å². The Morgan fingerprint density at radius 1 is 1.15 bits per heavy atom. The number of nitrogen functional groups attached to an aromatic ring is 1. The molecule has 0 atom stereocenters. The summed E-state index contributed by atoms with van der Waals surface area (Å²) in [6, 6.07) is 15.7. The molecular weight excluding hydrogens is 330 g/mol. The van der Waals surface area contributed by atoms with Gasteiger partial charge in [0, 0.05) is 0 Å². The Balaban J connectivity index is 1.83. The van der Waals surface area contributed by atoms with Crippen molar-refractivity contribution in [3.63, 3.8) is 0 Å². The minimum atomic E-state index is -0.303. The van der Waals surface area contributed by atoms with E-state index in [4.69, 9.17) is 15.2 Å². The van der Waals surface area contributed by atoms with E-state index in [9.17, 15) is 4.79 Å². The van der Waals surface area contributed by atoms with Crippen LogP contribution in [0.2, 0.25) is 0 Å². The second kappa shape index (κ2) is 7.91. The third-order valence-corrected chi connectivity index (χ3v) is 4.28. The molecule has 0 bridgehead atoms. The van der Waals surface area contributed by atoms with E-state index in [1.54, 1.807) is 11.5 Å². The molecule has 0 radical (unpaired) electrons. The molecule has 6 heteroatoms. The predicted octanol–water partition coefficient (Wildman–Crippen LogP) is 2.46. The van der Waals surface area contributed by atoms with Gasteiger partial charge >= 0.3 is 11.9 Å². The summed E-state index contributed by atoms with van der Waals surface area (Å²) in [5.74, 6) is 1.07. The van der Waals surface area contributed by atoms with Crippen molar-refractivity contribution in [1.29, 1.82) is 0 Å². The van der Waals surface area contributed by atoms with Crippen molar-refractivity contribution < 1.29 is 18.8 Å². The summed E-state index contributed by atoms with van der Waals surface area (Å²) in [4.78, 5) is 11.9. The molecule has 0 aliphatic heterocycles. The van der Waals surface area contributed by atoms with Crippen LogP contribution in [0.1, 0.15) is 12.5 Å². The van der Waals surface area contributed by atoms with Gasteiger partial charge in [-0.25, -0.2) is 13.9 Å². The lowest BCUT2D eigenvalue weighted by Crippen LogP contribution is -2.41. The van der Waals surface area contributed by atoms with Crippen LogP contribution in [0, 0.1) is 6.92 Å². The van der Waals surface area contributed by atoms with Crippen LogP contribution in [0.25, 0.3) is 11.0 Å². The smallest absolute Gasteiger partial charge is 0.356 e. The van der Waals surface area contributed by atoms with Gasteiger partial charge in [-0.2, -0.15) is 0 Å². The van der Waals surface area contributed by atoms with Gasteiger partial charge < -0.3 is 9.47 Å². The van der Waals surface area contributed by atoms with Crippen molar-refractivity contribution in [3.8, 4) is 5.75 Å². The normalized spacial score (nSPS) is 10.8. The van der Waals surface area contributed by atoms with Crippen LogP contribution in [0.15, 0.2) is 48.5 Å². The van der Waals surface area contributed by atoms with Gasteiger partial charge in [-0.15, -0.1) is 0 Å². The summed E-state index contributed by atoms with van der Waals surface area (Å²) in [7, 11) is 0. The van der Waals surface area contributed by atoms with Crippen molar-refractivity contribution in [1.82, 2.24) is 4.57 Å². The van der Waals surface area contributed by atoms with Gasteiger partial charge in [0.15, 0.2) is 6.54 Å². The van der Waals surface area contributed by atoms with Gasteiger partial charge in [0.1, 0.15) is 29.9 Å². The van der Waals surface area contributed by atoms with Crippen LogP contribution in [0.5, 0.6) is 5.75 Å². The molecule has 1 heterocycles. The van der Waals surface area contributed by atoms with Gasteiger partial charge in [-0.1, -0.05) is 30.3 Å². The quantitative estimate of drug-likeness (QED) is 0.523. The molecule has 0 amide bonds. The van der Waals surface area contributed by atoms with Crippen molar-refractivity contribution >= 4 is 23.0 Å². The van der Waals surface area contributed by atoms with Crippen molar-refractivity contribution in [2.45, 2.75) is 26.9 Å². The zero-order valence-electron chi connectivity index (χ0n) is 15.1. The highest BCUT2D eigenvalue weighted by atomic mass is 16.5. The number of aromatic nitrogens is 2. The molecular formula is C20H24N3O3+. The van der Waals surface area contributed by atoms with Crippen molar-refractivity contribution in [2.24, 2.45) is 0 Å². The molecule has 26 heavy (non-hydrogen) atoms. The lowest BCUT2D eigenvalue weighted by Gasteiger charge is -2.08. The van der Waals surface area contributed by atoms with E-state index in [1.807, 2.05) is 60.0 Å². The van der Waals surface area contributed by atoms with Crippen LogP contribution in [-0.2, 0) is 22.6 Å². The molecule has 0 aliphatic carbocycles. The van der Waals surface area contributed by atoms with Crippen molar-refractivity contribution in [2.75, 3.05) is 18.9 Å². The van der Waals surface area contributed by atoms with E-state index < -0.39 is 0 Å². The maximum Gasteiger partial charge on any atom is 0.356 e. The SMILES string of the molecule is CCOC(=O)C[n+]1c(N)n(CCOc2ccccc2C)c2ccccc21. The van der Waals surface area contributed by atoms with E-state index >= 15 is 0 Å². The highest BCUT2D eigenvalue weighted by molar-refractivity contribution is 5.75. The highest BCUT2D eigenvalue weighted by Crippen LogP contribution is 2.18. The van der Waals surface area contributed by atoms with Crippen LogP contribution >= 0.6 is 0 Å². The third-order valence-electron chi connectivity index (χ3n) is 4.28. The van der Waals surface area contributed by atoms with Gasteiger partial charge in [0.2, 0.25) is 0 Å². The minimum absolute atomic E-state index is 0.0891. The second-order valence-corrected chi connectivity index (χ2v) is 6.00. The maximum atomic E-state index is 11.9. The summed E-state index contributed by atoms with van der Waals surface area (Å²) in [6.07, 6.45) is 0. The second-order valence-electron chi connectivity index (χ2n) is 6.00. The average molecular weight is 354 g/mol. The number of imidazole rings is 1. The Morgan fingerprint density at radius 3 is 2.65 bits per heavy atom. The average Bonchev–Trinajstić information content (AvgIpc) is 2.89. The number of benzene rings is 2. The molecule has 3 rings (SSSR count). The standard InChI is InChI=1S/C20H23N3O3/c1-3-25-19(24)14-23-17-10-6-5-9-16(17)22(20(23)21)12-13-26-18-11-7-4-8-15(18)2/h4-11,21H,3,12-14H2,1-2H3/p+1. The fourth-order valence-electron chi connectivity index (χ4n) is 3.02. The van der Waals surface area contributed by atoms with Crippen LogP contribution in [-0.4, -0.2) is 23.8 Å². The number of aryl methyl sites for hydroxylation is 1. The Labute approximate surface area is 152 Å². The number of nitrogens with zero attached hydrogens (tertiary/aromatic N) is 2. The van der Waals surface area contributed by atoms with Crippen LogP contribution in [0.3, 0.4) is 0 Å². The fourth-order valence-corrected chi connectivity index (χ4v) is 3.02. The zero-order chi connectivity index (χ0) is 18.5. The molecule has 6 nitrogen and oxygen atoms in total. The van der Waals surface area contributed by atoms with Crippen LogP contribution in [0.4, 0.5) is 5.95 Å². The third kappa shape index (κ3) is 3.64. The first-order valence-corrected chi connectivity index (χ1v) is 8.72. The number of fused-ring (bicyclic) bond motifs is 1. The van der Waals surface area contributed by atoms with Gasteiger partial charge in [0.05, 0.1) is 6.61 Å². The Hall–Kier alpha value is -3.02. The topological polar surface area (TPSA) is 70.4 Å². The Bertz CT molecular complexity index is 918. The molecule has 3 aromatic rings. The van der Waals surface area contributed by atoms with E-state index in [2.05, 4.69) is 0 Å². The van der Waals surface area contributed by atoms with E-state index in [1.165, 1.54) is 0 Å². The summed E-state index contributed by atoms with van der Waals surface area (Å²) >= 11 is 0. The summed E-state index contributed by atoms with van der Waals surface area (Å²) < 4.78 is 14.7. The number of rotatable bonds is 7. The van der Waals surface area contributed by atoms with E-state index in [0.29, 0.717) is 25.7 Å². The molecule has 0 saturated carbocycles. The summed E-state index contributed by atoms with van der Waals surface area (Å²) in [5.41, 5.74) is 9.28. The first-order chi connectivity index (χ1) is 12.6. The first-order valence-electron chi connectivity index (χ1n) is 8.72. The number of hydrogen-bond acceptors (Lipinski definition) is 4. The summed E-state index contributed by atoms with van der Waals surface area (Å²) in [5, 5.41) is 0. The molecule has 0 saturated heterocycles. The zero-order valence-corrected chi connectivity index (χ0v) is 15.1. The number of anilines is 1. The molecule has 0 unspecified atom stereocenters. The maximum absolute atomic E-state index is 11.9. The molecule has 136 valence electrons. The van der Waals surface area contributed by atoms with Crippen molar-refractivity contribution in [3.05, 3.63) is 54.1 Å². The molecule has 2 N–H and O–H groups in total. The lowest BCUT2D eigenvalue weighted by atomic mass is 10.2. The molecule has 0 aliphatic rings. The highest BCUT2D eigenvalue weighted by Gasteiger charge is 2.23. The molecule has 0 fully saturated rings. The molecule has 2 aromatic carbocycles. The summed E-state index contributed by atoms with van der Waals surface area (Å²) in [6.45, 7) is 5.30. The van der Waals surface area contributed by atoms with Crippen LogP contribution < -0.4 is 15.0 Å². The van der Waals surface area contributed by atoms with E-state index in [0.717, 1.165) is 22.3 Å². The number of esters is 1. The molecule has 0 spiro atoms. The minimum Gasteiger partial charge on any atom is -0.490 e. The number of carbonyl (C=O) groups excluding carboxylic acids is 1. The lowest BCUT2D eigenvalue weighted by molar-refractivity contribution is -0.646. The molecule has 1 aromatic heterocycles. The van der Waals surface area contributed by atoms with Gasteiger partial charge in [-0.05, 0) is 37.6 Å². The largest absolute Gasteiger partial charge is 0.490 e.